The van der Waals surface area contributed by atoms with E-state index in [1.54, 1.807) is 33.5 Å². The van der Waals surface area contributed by atoms with Crippen molar-refractivity contribution in [2.24, 2.45) is 0 Å². The summed E-state index contributed by atoms with van der Waals surface area (Å²) in [5.74, 6) is 2.36. The molecule has 0 aromatic heterocycles. The van der Waals surface area contributed by atoms with Crippen molar-refractivity contribution in [3.05, 3.63) is 59.7 Å². The molecule has 136 valence electrons. The van der Waals surface area contributed by atoms with Crippen LogP contribution in [0, 0.1) is 0 Å². The van der Waals surface area contributed by atoms with Gasteiger partial charge >= 0.3 is 0 Å². The third-order valence-corrected chi connectivity index (χ3v) is 4.20. The van der Waals surface area contributed by atoms with E-state index < -0.39 is 0 Å². The average Bonchev–Trinajstić information content (AvgIpc) is 2.71. The van der Waals surface area contributed by atoms with Crippen molar-refractivity contribution in [3.8, 4) is 23.0 Å². The molecule has 3 aromatic carbocycles. The molecule has 0 spiro atoms. The first kappa shape index (κ1) is 17.9. The molecular formula is C21H22O5. The Hall–Kier alpha value is -2.92. The maximum absolute atomic E-state index is 9.57. The van der Waals surface area contributed by atoms with E-state index in [2.05, 4.69) is 0 Å². The van der Waals surface area contributed by atoms with Gasteiger partial charge in [0.25, 0.3) is 0 Å². The Morgan fingerprint density at radius 1 is 0.769 bits per heavy atom. The Kier molecular flexibility index (Phi) is 5.49. The van der Waals surface area contributed by atoms with E-state index in [9.17, 15) is 5.11 Å². The molecule has 0 saturated heterocycles. The summed E-state index contributed by atoms with van der Waals surface area (Å²) in [4.78, 5) is 0. The predicted octanol–water partition coefficient (Wildman–Crippen LogP) is 3.94. The van der Waals surface area contributed by atoms with Crippen molar-refractivity contribution in [2.45, 2.75) is 13.2 Å². The highest BCUT2D eigenvalue weighted by molar-refractivity contribution is 6.00. The smallest absolute Gasteiger partial charge is 0.168 e. The van der Waals surface area contributed by atoms with Crippen LogP contribution in [0.3, 0.4) is 0 Å². The number of aliphatic hydroxyl groups excluding tert-OH is 1. The second kappa shape index (κ2) is 7.97. The number of benzene rings is 3. The van der Waals surface area contributed by atoms with E-state index >= 15 is 0 Å². The maximum Gasteiger partial charge on any atom is 0.168 e. The zero-order valence-corrected chi connectivity index (χ0v) is 15.1. The van der Waals surface area contributed by atoms with Gasteiger partial charge in [-0.15, -0.1) is 0 Å². The molecule has 0 amide bonds. The quantitative estimate of drug-likeness (QED) is 0.696. The van der Waals surface area contributed by atoms with Crippen molar-refractivity contribution in [2.75, 3.05) is 21.3 Å². The summed E-state index contributed by atoms with van der Waals surface area (Å²) in [6.07, 6.45) is 0. The second-order valence-corrected chi connectivity index (χ2v) is 5.76. The van der Waals surface area contributed by atoms with Gasteiger partial charge in [0.15, 0.2) is 11.5 Å². The van der Waals surface area contributed by atoms with Crippen LogP contribution in [0.2, 0.25) is 0 Å². The van der Waals surface area contributed by atoms with Gasteiger partial charge in [0.1, 0.15) is 18.1 Å². The van der Waals surface area contributed by atoms with Crippen LogP contribution in [0.5, 0.6) is 23.0 Å². The molecule has 3 rings (SSSR count). The highest BCUT2D eigenvalue weighted by Gasteiger charge is 2.19. The zero-order chi connectivity index (χ0) is 18.5. The van der Waals surface area contributed by atoms with Crippen LogP contribution in [-0.4, -0.2) is 26.4 Å². The van der Waals surface area contributed by atoms with E-state index in [1.165, 1.54) is 0 Å². The first-order chi connectivity index (χ1) is 12.7. The summed E-state index contributed by atoms with van der Waals surface area (Å²) < 4.78 is 22.7. The number of ether oxygens (including phenoxy) is 4. The lowest BCUT2D eigenvalue weighted by atomic mass is 10.0. The number of hydrogen-bond acceptors (Lipinski definition) is 5. The number of hydrogen-bond donors (Lipinski definition) is 1. The Bertz CT molecular complexity index is 890. The molecule has 0 aliphatic heterocycles. The normalized spacial score (nSPS) is 10.6. The van der Waals surface area contributed by atoms with Crippen LogP contribution in [0.15, 0.2) is 48.5 Å². The third-order valence-electron chi connectivity index (χ3n) is 4.20. The van der Waals surface area contributed by atoms with E-state index in [-0.39, 0.29) is 6.61 Å². The summed E-state index contributed by atoms with van der Waals surface area (Å²) in [7, 11) is 4.76. The number of rotatable bonds is 7. The minimum atomic E-state index is -0.104. The Balaban J connectivity index is 2.17. The molecule has 1 N–H and O–H groups in total. The molecule has 0 fully saturated rings. The molecule has 0 aliphatic carbocycles. The van der Waals surface area contributed by atoms with Gasteiger partial charge in [-0.25, -0.2) is 0 Å². The molecule has 5 heteroatoms. The molecule has 0 saturated carbocycles. The van der Waals surface area contributed by atoms with Gasteiger partial charge in [-0.05, 0) is 23.3 Å². The van der Waals surface area contributed by atoms with Gasteiger partial charge in [-0.2, -0.15) is 0 Å². The molecule has 0 atom stereocenters. The number of methoxy groups -OCH3 is 3. The third kappa shape index (κ3) is 3.39. The molecule has 0 radical (unpaired) electrons. The summed E-state index contributed by atoms with van der Waals surface area (Å²) in [5, 5.41) is 11.1. The van der Waals surface area contributed by atoms with Gasteiger partial charge in [-0.1, -0.05) is 30.3 Å². The maximum atomic E-state index is 9.57. The summed E-state index contributed by atoms with van der Waals surface area (Å²) in [5.41, 5.74) is 1.77. The lowest BCUT2D eigenvalue weighted by Crippen LogP contribution is -2.00. The summed E-state index contributed by atoms with van der Waals surface area (Å²) in [6, 6.07) is 15.4. The number of aliphatic hydroxyl groups is 1. The van der Waals surface area contributed by atoms with Gasteiger partial charge in [0.05, 0.1) is 33.3 Å². The Morgan fingerprint density at radius 2 is 1.50 bits per heavy atom. The Morgan fingerprint density at radius 3 is 2.12 bits per heavy atom. The van der Waals surface area contributed by atoms with Crippen LogP contribution in [0.4, 0.5) is 0 Å². The summed E-state index contributed by atoms with van der Waals surface area (Å²) >= 11 is 0. The molecule has 0 unspecified atom stereocenters. The first-order valence-electron chi connectivity index (χ1n) is 8.25. The van der Waals surface area contributed by atoms with Crippen molar-refractivity contribution >= 4 is 10.8 Å². The van der Waals surface area contributed by atoms with Gasteiger partial charge < -0.3 is 24.1 Å². The van der Waals surface area contributed by atoms with Crippen LogP contribution >= 0.6 is 0 Å². The van der Waals surface area contributed by atoms with Crippen LogP contribution < -0.4 is 18.9 Å². The standard InChI is InChI=1S/C21H22O5/c1-23-17-10-15(12-22)9-16-20(17)18(11-19(24-2)21(16)25-3)26-13-14-7-5-4-6-8-14/h4-11,22H,12-13H2,1-3H3. The fourth-order valence-electron chi connectivity index (χ4n) is 2.96. The molecule has 0 heterocycles. The van der Waals surface area contributed by atoms with E-state index in [4.69, 9.17) is 18.9 Å². The van der Waals surface area contributed by atoms with Gasteiger partial charge in [0.2, 0.25) is 0 Å². The fourth-order valence-corrected chi connectivity index (χ4v) is 2.96. The van der Waals surface area contributed by atoms with E-state index in [0.29, 0.717) is 29.6 Å². The van der Waals surface area contributed by atoms with Crippen LogP contribution in [0.1, 0.15) is 11.1 Å². The zero-order valence-electron chi connectivity index (χ0n) is 15.1. The van der Waals surface area contributed by atoms with Crippen molar-refractivity contribution in [1.82, 2.24) is 0 Å². The van der Waals surface area contributed by atoms with Crippen LogP contribution in [-0.2, 0) is 13.2 Å². The molecule has 0 aliphatic rings. The topological polar surface area (TPSA) is 57.2 Å². The summed E-state index contributed by atoms with van der Waals surface area (Å²) in [6.45, 7) is 0.309. The fraction of sp³-hybridized carbons (Fsp3) is 0.238. The molecular weight excluding hydrogens is 332 g/mol. The number of fused-ring (bicyclic) bond motifs is 1. The Labute approximate surface area is 152 Å². The minimum Gasteiger partial charge on any atom is -0.496 e. The predicted molar refractivity (Wildman–Crippen MR) is 100 cm³/mol. The minimum absolute atomic E-state index is 0.104. The van der Waals surface area contributed by atoms with Crippen molar-refractivity contribution in [1.29, 1.82) is 0 Å². The van der Waals surface area contributed by atoms with Gasteiger partial charge in [-0.3, -0.25) is 0 Å². The second-order valence-electron chi connectivity index (χ2n) is 5.76. The largest absolute Gasteiger partial charge is 0.496 e. The van der Waals surface area contributed by atoms with E-state index in [1.807, 2.05) is 36.4 Å². The van der Waals surface area contributed by atoms with E-state index in [0.717, 1.165) is 21.9 Å². The lowest BCUT2D eigenvalue weighted by Gasteiger charge is -2.18. The molecule has 0 bridgehead atoms. The lowest BCUT2D eigenvalue weighted by molar-refractivity contribution is 0.281. The van der Waals surface area contributed by atoms with Crippen molar-refractivity contribution < 1.29 is 24.1 Å². The van der Waals surface area contributed by atoms with Crippen LogP contribution in [0.25, 0.3) is 10.8 Å². The molecule has 5 nitrogen and oxygen atoms in total. The monoisotopic (exact) mass is 354 g/mol. The highest BCUT2D eigenvalue weighted by atomic mass is 16.5. The highest BCUT2D eigenvalue weighted by Crippen LogP contribution is 2.46. The SMILES string of the molecule is COc1cc(OCc2ccccc2)c2c(OC)cc(CO)cc2c1OC. The first-order valence-corrected chi connectivity index (χ1v) is 8.25. The molecule has 26 heavy (non-hydrogen) atoms. The van der Waals surface area contributed by atoms with Crippen molar-refractivity contribution in [3.63, 3.8) is 0 Å². The molecule has 3 aromatic rings. The average molecular weight is 354 g/mol. The van der Waals surface area contributed by atoms with Gasteiger partial charge in [0, 0.05) is 11.5 Å².